The molecule has 0 spiro atoms. The molecule has 0 fully saturated rings. The molecule has 122 valence electrons. The van der Waals surface area contributed by atoms with Crippen molar-refractivity contribution in [1.82, 2.24) is 0 Å². The average molecular weight is 326 g/mol. The van der Waals surface area contributed by atoms with E-state index < -0.39 is 12.2 Å². The largest absolute Gasteiger partial charge is 0.384 e. The van der Waals surface area contributed by atoms with E-state index in [2.05, 4.69) is 0 Å². The first-order valence-electron chi connectivity index (χ1n) is 7.51. The Labute approximate surface area is 138 Å². The Morgan fingerprint density at radius 3 is 1.29 bits per heavy atom. The summed E-state index contributed by atoms with van der Waals surface area (Å²) < 4.78 is 26.0. The fourth-order valence-electron chi connectivity index (χ4n) is 2.57. The SMILES string of the molecule is OC(c1ccc(F)cc1)c1cccc(C(O)c2ccc(F)cc2)c1. The van der Waals surface area contributed by atoms with E-state index in [0.29, 0.717) is 22.3 Å². The smallest absolute Gasteiger partial charge is 0.123 e. The second-order valence-corrected chi connectivity index (χ2v) is 5.58. The molecule has 0 aliphatic heterocycles. The van der Waals surface area contributed by atoms with Crippen molar-refractivity contribution in [2.24, 2.45) is 0 Å². The highest BCUT2D eigenvalue weighted by atomic mass is 19.1. The first-order chi connectivity index (χ1) is 11.5. The maximum atomic E-state index is 13.0. The predicted molar refractivity (Wildman–Crippen MR) is 87.4 cm³/mol. The lowest BCUT2D eigenvalue weighted by Crippen LogP contribution is -2.04. The Hall–Kier alpha value is -2.56. The van der Waals surface area contributed by atoms with Gasteiger partial charge in [0.25, 0.3) is 0 Å². The molecule has 3 aromatic carbocycles. The molecule has 0 aliphatic carbocycles. The van der Waals surface area contributed by atoms with Gasteiger partial charge in [0.2, 0.25) is 0 Å². The van der Waals surface area contributed by atoms with E-state index in [4.69, 9.17) is 0 Å². The Morgan fingerprint density at radius 1 is 0.542 bits per heavy atom. The third kappa shape index (κ3) is 3.50. The maximum absolute atomic E-state index is 13.0. The summed E-state index contributed by atoms with van der Waals surface area (Å²) in [6.07, 6.45) is -1.85. The molecule has 0 aromatic heterocycles. The lowest BCUT2D eigenvalue weighted by atomic mass is 9.95. The van der Waals surface area contributed by atoms with Crippen molar-refractivity contribution in [3.05, 3.63) is 107 Å². The molecule has 2 atom stereocenters. The van der Waals surface area contributed by atoms with Gasteiger partial charge in [0, 0.05) is 0 Å². The minimum Gasteiger partial charge on any atom is -0.384 e. The van der Waals surface area contributed by atoms with Gasteiger partial charge in [-0.2, -0.15) is 0 Å². The second kappa shape index (κ2) is 6.91. The fourth-order valence-corrected chi connectivity index (χ4v) is 2.57. The maximum Gasteiger partial charge on any atom is 0.123 e. The Morgan fingerprint density at radius 2 is 0.917 bits per heavy atom. The molecule has 3 rings (SSSR count). The van der Waals surface area contributed by atoms with E-state index in [1.807, 2.05) is 0 Å². The molecular formula is C20H16F2O2. The van der Waals surface area contributed by atoms with Crippen LogP contribution in [-0.4, -0.2) is 10.2 Å². The van der Waals surface area contributed by atoms with Gasteiger partial charge in [0.15, 0.2) is 0 Å². The third-order valence-corrected chi connectivity index (χ3v) is 3.91. The van der Waals surface area contributed by atoms with E-state index in [9.17, 15) is 19.0 Å². The number of hydrogen-bond acceptors (Lipinski definition) is 2. The van der Waals surface area contributed by atoms with Gasteiger partial charge in [0.05, 0.1) is 0 Å². The average Bonchev–Trinajstić information content (AvgIpc) is 2.62. The molecule has 0 bridgehead atoms. The van der Waals surface area contributed by atoms with Gasteiger partial charge >= 0.3 is 0 Å². The van der Waals surface area contributed by atoms with Crippen molar-refractivity contribution in [2.45, 2.75) is 12.2 Å². The number of aliphatic hydroxyl groups excluding tert-OH is 2. The van der Waals surface area contributed by atoms with Gasteiger partial charge in [-0.3, -0.25) is 0 Å². The second-order valence-electron chi connectivity index (χ2n) is 5.58. The van der Waals surface area contributed by atoms with Crippen LogP contribution in [0.5, 0.6) is 0 Å². The van der Waals surface area contributed by atoms with Gasteiger partial charge in [-0.25, -0.2) is 8.78 Å². The number of aliphatic hydroxyl groups is 2. The molecule has 2 N–H and O–H groups in total. The molecule has 2 unspecified atom stereocenters. The highest BCUT2D eigenvalue weighted by Crippen LogP contribution is 2.27. The van der Waals surface area contributed by atoms with Crippen molar-refractivity contribution >= 4 is 0 Å². The van der Waals surface area contributed by atoms with Gasteiger partial charge < -0.3 is 10.2 Å². The van der Waals surface area contributed by atoms with Crippen molar-refractivity contribution in [3.8, 4) is 0 Å². The van der Waals surface area contributed by atoms with Crippen molar-refractivity contribution in [2.75, 3.05) is 0 Å². The summed E-state index contributed by atoms with van der Waals surface area (Å²) >= 11 is 0. The monoisotopic (exact) mass is 326 g/mol. The number of hydrogen-bond donors (Lipinski definition) is 2. The van der Waals surface area contributed by atoms with Crippen LogP contribution in [0.15, 0.2) is 72.8 Å². The van der Waals surface area contributed by atoms with Crippen LogP contribution in [-0.2, 0) is 0 Å². The van der Waals surface area contributed by atoms with Crippen LogP contribution < -0.4 is 0 Å². The zero-order valence-electron chi connectivity index (χ0n) is 12.7. The highest BCUT2D eigenvalue weighted by molar-refractivity contribution is 5.36. The predicted octanol–water partition coefficient (Wildman–Crippen LogP) is 4.13. The summed E-state index contributed by atoms with van der Waals surface area (Å²) in [5, 5.41) is 20.9. The van der Waals surface area contributed by atoms with E-state index in [1.54, 1.807) is 24.3 Å². The first-order valence-corrected chi connectivity index (χ1v) is 7.51. The van der Waals surface area contributed by atoms with Crippen LogP contribution in [0, 0.1) is 11.6 Å². The lowest BCUT2D eigenvalue weighted by molar-refractivity contribution is 0.213. The van der Waals surface area contributed by atoms with Crippen molar-refractivity contribution in [3.63, 3.8) is 0 Å². The fraction of sp³-hybridized carbons (Fsp3) is 0.100. The normalized spacial score (nSPS) is 13.5. The Balaban J connectivity index is 1.88. The van der Waals surface area contributed by atoms with Crippen LogP contribution >= 0.6 is 0 Å². The summed E-state index contributed by atoms with van der Waals surface area (Å²) in [6, 6.07) is 18.1. The van der Waals surface area contributed by atoms with E-state index in [0.717, 1.165) is 0 Å². The van der Waals surface area contributed by atoms with E-state index >= 15 is 0 Å². The van der Waals surface area contributed by atoms with Gasteiger partial charge in [-0.1, -0.05) is 42.5 Å². The molecule has 0 saturated carbocycles. The Bertz CT molecular complexity index is 747. The van der Waals surface area contributed by atoms with Crippen molar-refractivity contribution in [1.29, 1.82) is 0 Å². The number of halogens is 2. The summed E-state index contributed by atoms with van der Waals surface area (Å²) in [4.78, 5) is 0. The van der Waals surface area contributed by atoms with Crippen LogP contribution in [0.4, 0.5) is 8.78 Å². The molecule has 0 radical (unpaired) electrons. The summed E-state index contributed by atoms with van der Waals surface area (Å²) in [7, 11) is 0. The minimum absolute atomic E-state index is 0.369. The van der Waals surface area contributed by atoms with Gasteiger partial charge in [0.1, 0.15) is 23.8 Å². The van der Waals surface area contributed by atoms with Crippen LogP contribution in [0.1, 0.15) is 34.5 Å². The van der Waals surface area contributed by atoms with E-state index in [-0.39, 0.29) is 11.6 Å². The molecule has 4 heteroatoms. The molecular weight excluding hydrogens is 310 g/mol. The highest BCUT2D eigenvalue weighted by Gasteiger charge is 2.15. The minimum atomic E-state index is -0.925. The van der Waals surface area contributed by atoms with Gasteiger partial charge in [-0.05, 0) is 52.6 Å². The van der Waals surface area contributed by atoms with Crippen LogP contribution in [0.2, 0.25) is 0 Å². The Kier molecular flexibility index (Phi) is 4.69. The van der Waals surface area contributed by atoms with Crippen molar-refractivity contribution < 1.29 is 19.0 Å². The summed E-state index contributed by atoms with van der Waals surface area (Å²) in [5.41, 5.74) is 2.29. The molecule has 2 nitrogen and oxygen atoms in total. The summed E-state index contributed by atoms with van der Waals surface area (Å²) in [6.45, 7) is 0. The quantitative estimate of drug-likeness (QED) is 0.757. The van der Waals surface area contributed by atoms with E-state index in [1.165, 1.54) is 48.5 Å². The van der Waals surface area contributed by atoms with Crippen LogP contribution in [0.25, 0.3) is 0 Å². The molecule has 0 heterocycles. The standard InChI is InChI=1S/C20H16F2O2/c21-17-8-4-13(5-9-17)19(23)15-2-1-3-16(12-15)20(24)14-6-10-18(22)11-7-14/h1-12,19-20,23-24H. The molecule has 0 aliphatic rings. The molecule has 0 saturated heterocycles. The summed E-state index contributed by atoms with van der Waals surface area (Å²) in [5.74, 6) is -0.738. The topological polar surface area (TPSA) is 40.5 Å². The third-order valence-electron chi connectivity index (χ3n) is 3.91. The molecule has 3 aromatic rings. The molecule has 0 amide bonds. The number of benzene rings is 3. The zero-order valence-corrected chi connectivity index (χ0v) is 12.7. The van der Waals surface area contributed by atoms with Gasteiger partial charge in [-0.15, -0.1) is 0 Å². The molecule has 24 heavy (non-hydrogen) atoms. The van der Waals surface area contributed by atoms with Crippen LogP contribution in [0.3, 0.4) is 0 Å². The lowest BCUT2D eigenvalue weighted by Gasteiger charge is -2.16. The zero-order chi connectivity index (χ0) is 17.1. The first kappa shape index (κ1) is 16.3. The number of rotatable bonds is 4.